The monoisotopic (exact) mass is 943 g/mol. The van der Waals surface area contributed by atoms with Gasteiger partial charge in [-0.15, -0.1) is 0 Å². The number of hydrogen-bond donors (Lipinski definition) is 6. The number of aliphatic hydroxyl groups excluding tert-OH is 2. The quantitative estimate of drug-likeness (QED) is 0.145. The van der Waals surface area contributed by atoms with E-state index < -0.39 is 36.0 Å². The van der Waals surface area contributed by atoms with Crippen molar-refractivity contribution in [1.29, 1.82) is 0 Å². The molecule has 0 aromatic carbocycles. The predicted molar refractivity (Wildman–Crippen MR) is 260 cm³/mol. The fourth-order valence-electron chi connectivity index (χ4n) is 11.6. The van der Waals surface area contributed by atoms with Crippen LogP contribution in [0.1, 0.15) is 101 Å². The Balaban J connectivity index is 0.000000201. The molecule has 0 aliphatic carbocycles. The highest BCUT2D eigenvalue weighted by molar-refractivity contribution is 5.89. The number of hydrogen-bond acceptors (Lipinski definition) is 10. The molecule has 372 valence electrons. The first-order valence-electron chi connectivity index (χ1n) is 25.1. The Hall–Kier alpha value is -5.30. The molecule has 8 atom stereocenters. The van der Waals surface area contributed by atoms with Crippen LogP contribution in [0.4, 0.5) is 9.59 Å². The summed E-state index contributed by atoms with van der Waals surface area (Å²) in [6.07, 6.45) is 13.5. The summed E-state index contributed by atoms with van der Waals surface area (Å²) in [5, 5.41) is 32.6. The number of likely N-dealkylation sites (tertiary alicyclic amines) is 4. The second-order valence-electron chi connectivity index (χ2n) is 19.0. The van der Waals surface area contributed by atoms with Gasteiger partial charge in [0.25, 0.3) is 11.1 Å². The van der Waals surface area contributed by atoms with Crippen molar-refractivity contribution in [3.05, 3.63) is 79.6 Å². The highest BCUT2D eigenvalue weighted by Crippen LogP contribution is 2.50. The molecule has 0 unspecified atom stereocenters. The van der Waals surface area contributed by atoms with Crippen molar-refractivity contribution >= 4 is 36.0 Å². The summed E-state index contributed by atoms with van der Waals surface area (Å²) in [4.78, 5) is 87.3. The maximum absolute atomic E-state index is 13.4. The van der Waals surface area contributed by atoms with Crippen LogP contribution in [-0.4, -0.2) is 154 Å². The second kappa shape index (κ2) is 23.3. The van der Waals surface area contributed by atoms with E-state index in [2.05, 4.69) is 31.1 Å². The molecule has 2 aromatic heterocycles. The number of aromatic nitrogens is 2. The van der Waals surface area contributed by atoms with E-state index in [0.717, 1.165) is 63.5 Å². The molecule has 0 bridgehead atoms. The van der Waals surface area contributed by atoms with E-state index in [4.69, 9.17) is 0 Å². The molecule has 4 saturated heterocycles. The normalized spacial score (nSPS) is 26.1. The molecule has 6 aliphatic rings. The van der Waals surface area contributed by atoms with Crippen molar-refractivity contribution in [2.75, 3.05) is 78.7 Å². The molecule has 2 aromatic rings. The van der Waals surface area contributed by atoms with Gasteiger partial charge in [-0.25, -0.2) is 9.59 Å². The number of aliphatic hydroxyl groups is 2. The van der Waals surface area contributed by atoms with Crippen LogP contribution in [0.5, 0.6) is 0 Å². The number of nitrogens with one attached hydrogen (secondary N) is 4. The summed E-state index contributed by atoms with van der Waals surface area (Å²) in [7, 11) is 0. The van der Waals surface area contributed by atoms with Gasteiger partial charge in [0.05, 0.1) is 12.1 Å². The van der Waals surface area contributed by atoms with Crippen molar-refractivity contribution in [2.45, 2.75) is 103 Å². The Labute approximate surface area is 399 Å². The molecule has 8 heterocycles. The Morgan fingerprint density at radius 1 is 0.588 bits per heavy atom. The molecule has 68 heavy (non-hydrogen) atoms. The van der Waals surface area contributed by atoms with Gasteiger partial charge in [0.2, 0.25) is 11.8 Å². The number of carbonyl (C=O) groups is 4. The maximum atomic E-state index is 13.4. The summed E-state index contributed by atoms with van der Waals surface area (Å²) in [6.45, 7) is 15.7. The minimum atomic E-state index is -0.783. The van der Waals surface area contributed by atoms with Crippen LogP contribution in [0.25, 0.3) is 12.2 Å². The third kappa shape index (κ3) is 10.3. The predicted octanol–water partition coefficient (Wildman–Crippen LogP) is 2.35. The van der Waals surface area contributed by atoms with Crippen molar-refractivity contribution in [2.24, 2.45) is 23.7 Å². The molecule has 6 aliphatic heterocycles. The molecular weight excluding hydrogens is 869 g/mol. The first-order chi connectivity index (χ1) is 33.0. The van der Waals surface area contributed by atoms with Gasteiger partial charge in [-0.05, 0) is 103 Å². The topological polar surface area (TPSA) is 214 Å². The molecule has 6 amide bonds. The minimum absolute atomic E-state index is 0.109. The van der Waals surface area contributed by atoms with Crippen LogP contribution >= 0.6 is 0 Å². The van der Waals surface area contributed by atoms with Crippen LogP contribution in [0, 0.1) is 23.7 Å². The van der Waals surface area contributed by atoms with E-state index in [0.29, 0.717) is 50.4 Å². The van der Waals surface area contributed by atoms with E-state index in [-0.39, 0.29) is 60.0 Å². The number of fused-ring (bicyclic) bond motifs is 6. The first-order valence-corrected chi connectivity index (χ1v) is 25.1. The fraction of sp³-hybridized carbons (Fsp3) is 0.640. The van der Waals surface area contributed by atoms with Crippen LogP contribution in [0.2, 0.25) is 0 Å². The highest BCUT2D eigenvalue weighted by atomic mass is 16.3. The molecule has 18 heteroatoms. The lowest BCUT2D eigenvalue weighted by molar-refractivity contribution is -0.127. The molecular formula is C50H74N10O8. The summed E-state index contributed by atoms with van der Waals surface area (Å²) < 4.78 is 3.41. The fourth-order valence-corrected chi connectivity index (χ4v) is 11.6. The Morgan fingerprint density at radius 3 is 1.31 bits per heavy atom. The number of amides is 6. The molecule has 0 spiro atoms. The third-order valence-electron chi connectivity index (χ3n) is 14.8. The van der Waals surface area contributed by atoms with Crippen LogP contribution < -0.4 is 32.4 Å². The van der Waals surface area contributed by atoms with E-state index >= 15 is 0 Å². The molecule has 8 rings (SSSR count). The molecule has 4 fully saturated rings. The van der Waals surface area contributed by atoms with Gasteiger partial charge < -0.3 is 60.2 Å². The van der Waals surface area contributed by atoms with Crippen molar-refractivity contribution in [3.63, 3.8) is 0 Å². The van der Waals surface area contributed by atoms with Crippen LogP contribution in [-0.2, 0) is 22.7 Å². The number of carbonyl (C=O) groups excluding carboxylic acids is 4. The lowest BCUT2D eigenvalue weighted by Gasteiger charge is -2.31. The zero-order valence-corrected chi connectivity index (χ0v) is 40.4. The van der Waals surface area contributed by atoms with Crippen molar-refractivity contribution < 1.29 is 29.4 Å². The highest BCUT2D eigenvalue weighted by Gasteiger charge is 2.59. The van der Waals surface area contributed by atoms with Gasteiger partial charge in [-0.3, -0.25) is 19.2 Å². The maximum Gasteiger partial charge on any atom is 0.318 e. The second-order valence-corrected chi connectivity index (χ2v) is 19.0. The van der Waals surface area contributed by atoms with Gasteiger partial charge in [0.15, 0.2) is 0 Å². The Bertz CT molecular complexity index is 2130. The van der Waals surface area contributed by atoms with E-state index in [1.54, 1.807) is 43.2 Å². The summed E-state index contributed by atoms with van der Waals surface area (Å²) in [6, 6.07) is 4.21. The Kier molecular flexibility index (Phi) is 17.4. The number of urea groups is 2. The average Bonchev–Trinajstić information content (AvgIpc) is 4.21. The third-order valence-corrected chi connectivity index (χ3v) is 14.8. The molecule has 18 nitrogen and oxygen atoms in total. The van der Waals surface area contributed by atoms with E-state index in [9.17, 15) is 39.0 Å². The average molecular weight is 943 g/mol. The van der Waals surface area contributed by atoms with Gasteiger partial charge >= 0.3 is 12.1 Å². The standard InChI is InChI=1S/2C25H37N5O4/c2*1-3-7-17-8-9-20-21-18(15-29(20)24(17)33)19(16-31)22(30(21)25(34)27-10-4-2)23(32)26-11-14-28-12-5-6-13-28/h2*3,7-9,18-19,21-22,31H,4-6,10-16H2,1-2H3,(H,26,32)(H,27,34)/b7-3+;7-3-/t2*18-,19-,21+,22-/m11/s1. The SMILES string of the molecule is C/C=C/c1ccc2n(c1=O)C[C@@H]1[C@@H](CO)[C@H](C(=O)NCCN3CCCC3)N(C(=O)NCCC)[C@H]21.C/C=C\c1ccc2n(c1=O)C[C@@H]1[C@@H](CO)[C@H](C(=O)NCCN3CCCC3)N(C(=O)NCCC)[C@H]21. The largest absolute Gasteiger partial charge is 0.396 e. The molecule has 0 radical (unpaired) electrons. The zero-order valence-electron chi connectivity index (χ0n) is 40.4. The molecule has 0 saturated carbocycles. The lowest BCUT2D eigenvalue weighted by atomic mass is 9.88. The number of pyridine rings is 2. The van der Waals surface area contributed by atoms with Gasteiger partial charge in [-0.1, -0.05) is 38.2 Å². The zero-order chi connectivity index (χ0) is 48.5. The summed E-state index contributed by atoms with van der Waals surface area (Å²) in [5.41, 5.74) is 2.40. The van der Waals surface area contributed by atoms with Gasteiger partial charge in [0.1, 0.15) is 12.1 Å². The van der Waals surface area contributed by atoms with Crippen LogP contribution in [0.15, 0.2) is 46.0 Å². The van der Waals surface area contributed by atoms with E-state index in [1.807, 2.05) is 52.0 Å². The first kappa shape index (κ1) is 50.6. The number of rotatable bonds is 16. The Morgan fingerprint density at radius 2 is 0.971 bits per heavy atom. The van der Waals surface area contributed by atoms with Crippen LogP contribution in [0.3, 0.4) is 0 Å². The van der Waals surface area contributed by atoms with E-state index in [1.165, 1.54) is 25.7 Å². The van der Waals surface area contributed by atoms with Gasteiger partial charge in [-0.2, -0.15) is 0 Å². The smallest absolute Gasteiger partial charge is 0.318 e. The molecule has 6 N–H and O–H groups in total. The minimum Gasteiger partial charge on any atom is -0.396 e. The van der Waals surface area contributed by atoms with Gasteiger partial charge in [0, 0.05) is 112 Å². The van der Waals surface area contributed by atoms with Crippen molar-refractivity contribution in [1.82, 2.24) is 50.0 Å². The summed E-state index contributed by atoms with van der Waals surface area (Å²) in [5.74, 6) is -1.79. The summed E-state index contributed by atoms with van der Waals surface area (Å²) >= 11 is 0. The lowest BCUT2D eigenvalue weighted by Crippen LogP contribution is -2.53. The van der Waals surface area contributed by atoms with Crippen molar-refractivity contribution in [3.8, 4) is 0 Å². The number of allylic oxidation sites excluding steroid dienone is 2. The number of nitrogens with zero attached hydrogens (tertiary/aromatic N) is 6.